The van der Waals surface area contributed by atoms with Gasteiger partial charge < -0.3 is 17.5 Å². The maximum atomic E-state index is 5.07. The number of rotatable bonds is 1. The summed E-state index contributed by atoms with van der Waals surface area (Å²) < 4.78 is 5.07. The fourth-order valence-corrected chi connectivity index (χ4v) is 2.66. The van der Waals surface area contributed by atoms with Crippen LogP contribution >= 0.6 is 0 Å². The molecule has 0 aromatic carbocycles. The number of nitrogens with one attached hydrogen (secondary N) is 1. The molecule has 1 fully saturated rings. The molecule has 5 heteroatoms. The first kappa shape index (κ1) is 26.1. The number of methoxy groups -OCH3 is 1. The van der Waals surface area contributed by atoms with Gasteiger partial charge in [-0.3, -0.25) is 0 Å². The first-order chi connectivity index (χ1) is 10.2. The second-order valence-corrected chi connectivity index (χ2v) is 5.53. The zero-order chi connectivity index (χ0) is 15.7. The van der Waals surface area contributed by atoms with Crippen LogP contribution in [0.15, 0.2) is 0 Å². The van der Waals surface area contributed by atoms with Gasteiger partial charge in [0.15, 0.2) is 0 Å². The van der Waals surface area contributed by atoms with Crippen molar-refractivity contribution in [3.05, 3.63) is 24.4 Å². The molecule has 1 N–H and O–H groups in total. The summed E-state index contributed by atoms with van der Waals surface area (Å²) in [5.41, 5.74) is 3.61. The second kappa shape index (κ2) is 15.2. The van der Waals surface area contributed by atoms with Gasteiger partial charge in [-0.15, -0.1) is 0 Å². The Bertz CT molecular complexity index is 415. The quantitative estimate of drug-likeness (QED) is 0.655. The van der Waals surface area contributed by atoms with E-state index in [0.29, 0.717) is 6.01 Å². The van der Waals surface area contributed by atoms with Gasteiger partial charge in [-0.25, -0.2) is 4.98 Å². The van der Waals surface area contributed by atoms with Crippen LogP contribution in [0.4, 0.5) is 0 Å². The smallest absolute Gasteiger partial charge is 0.467 e. The molecule has 23 heavy (non-hydrogen) atoms. The zero-order valence-electron chi connectivity index (χ0n) is 16.3. The molecule has 1 aliphatic carbocycles. The monoisotopic (exact) mass is 441 g/mol. The summed E-state index contributed by atoms with van der Waals surface area (Å²) in [5, 5.41) is 3.22. The second-order valence-electron chi connectivity index (χ2n) is 5.53. The Morgan fingerprint density at radius 1 is 1.13 bits per heavy atom. The Kier molecular flexibility index (Phi) is 17.2. The van der Waals surface area contributed by atoms with Crippen LogP contribution in [0.25, 0.3) is 0 Å². The molecule has 1 atom stereocenters. The molecule has 1 unspecified atom stereocenters. The summed E-state index contributed by atoms with van der Waals surface area (Å²) in [6.07, 6.45) is 6.21. The van der Waals surface area contributed by atoms with Crippen molar-refractivity contribution in [3.63, 3.8) is 0 Å². The first-order valence-corrected chi connectivity index (χ1v) is 8.31. The summed E-state index contributed by atoms with van der Waals surface area (Å²) in [6.45, 7) is 10.8. The molecule has 128 valence electrons. The molecule has 1 saturated heterocycles. The maximum Gasteiger partial charge on any atom is 1.00 e. The molecule has 1 aromatic rings. The van der Waals surface area contributed by atoms with Crippen molar-refractivity contribution >= 4 is 0 Å². The molecule has 2 aliphatic rings. The van der Waals surface area contributed by atoms with Crippen molar-refractivity contribution in [2.75, 3.05) is 20.2 Å². The molecule has 4 nitrogen and oxygen atoms in total. The fraction of sp³-hybridized carbons (Fsp3) is 0.722. The number of fused-ring (bicyclic) bond motifs is 1. The van der Waals surface area contributed by atoms with Gasteiger partial charge in [-0.05, 0) is 63.6 Å². The number of aryl methyl sites for hydroxylation is 1. The molecule has 3 rings (SSSR count). The SMILES string of the molecule is C1CCNC1.CC.COc1nc(C)c2c(n1)CC(C)CC2.[CH3-].[Cs+]. The Hall–Kier alpha value is 0.892. The van der Waals surface area contributed by atoms with Gasteiger partial charge in [0.05, 0.1) is 12.8 Å². The van der Waals surface area contributed by atoms with E-state index in [1.165, 1.54) is 43.6 Å². The summed E-state index contributed by atoms with van der Waals surface area (Å²) in [5.74, 6) is 0.738. The Morgan fingerprint density at radius 3 is 2.22 bits per heavy atom. The minimum Gasteiger partial charge on any atom is -0.467 e. The largest absolute Gasteiger partial charge is 1.00 e. The minimum absolute atomic E-state index is 0. The number of hydrogen-bond donors (Lipinski definition) is 1. The van der Waals surface area contributed by atoms with E-state index in [1.807, 2.05) is 20.8 Å². The van der Waals surface area contributed by atoms with Crippen molar-refractivity contribution in [1.82, 2.24) is 15.3 Å². The van der Waals surface area contributed by atoms with Gasteiger partial charge in [-0.2, -0.15) is 4.98 Å². The Labute approximate surface area is 202 Å². The number of hydrogen-bond acceptors (Lipinski definition) is 4. The molecular formula is C18H34CsN3O. The predicted octanol–water partition coefficient (Wildman–Crippen LogP) is 0.769. The summed E-state index contributed by atoms with van der Waals surface area (Å²) in [6, 6.07) is 0.510. The van der Waals surface area contributed by atoms with Crippen molar-refractivity contribution in [1.29, 1.82) is 0 Å². The number of nitrogens with zero attached hydrogens (tertiary/aromatic N) is 2. The van der Waals surface area contributed by atoms with Gasteiger partial charge in [0.2, 0.25) is 0 Å². The van der Waals surface area contributed by atoms with Crippen LogP contribution in [-0.2, 0) is 12.8 Å². The van der Waals surface area contributed by atoms with Crippen LogP contribution in [0.2, 0.25) is 0 Å². The van der Waals surface area contributed by atoms with Crippen LogP contribution in [0.5, 0.6) is 6.01 Å². The summed E-state index contributed by atoms with van der Waals surface area (Å²) in [4.78, 5) is 8.71. The normalized spacial score (nSPS) is 17.9. The van der Waals surface area contributed by atoms with Crippen molar-refractivity contribution in [2.24, 2.45) is 5.92 Å². The van der Waals surface area contributed by atoms with Crippen molar-refractivity contribution in [3.8, 4) is 6.01 Å². The first-order valence-electron chi connectivity index (χ1n) is 8.31. The molecule has 0 bridgehead atoms. The third kappa shape index (κ3) is 9.24. The summed E-state index contributed by atoms with van der Waals surface area (Å²) >= 11 is 0. The molecule has 0 amide bonds. The third-order valence-electron chi connectivity index (χ3n) is 3.85. The van der Waals surface area contributed by atoms with Crippen LogP contribution in [0, 0.1) is 20.3 Å². The van der Waals surface area contributed by atoms with Crippen molar-refractivity contribution < 1.29 is 73.6 Å². The van der Waals surface area contributed by atoms with E-state index in [1.54, 1.807) is 7.11 Å². The molecule has 1 aliphatic heterocycles. The van der Waals surface area contributed by atoms with E-state index in [9.17, 15) is 0 Å². The van der Waals surface area contributed by atoms with Crippen LogP contribution in [0.1, 0.15) is 57.0 Å². The van der Waals surface area contributed by atoms with E-state index in [-0.39, 0.29) is 76.3 Å². The average molecular weight is 441 g/mol. The maximum absolute atomic E-state index is 5.07. The van der Waals surface area contributed by atoms with Crippen LogP contribution in [0.3, 0.4) is 0 Å². The Balaban J connectivity index is 0. The van der Waals surface area contributed by atoms with Crippen LogP contribution in [-0.4, -0.2) is 30.2 Å². The number of ether oxygens (including phenoxy) is 1. The predicted molar refractivity (Wildman–Crippen MR) is 94.4 cm³/mol. The van der Waals surface area contributed by atoms with Crippen LogP contribution < -0.4 is 78.9 Å². The minimum atomic E-state index is 0. The zero-order valence-corrected chi connectivity index (χ0v) is 22.6. The van der Waals surface area contributed by atoms with E-state index in [0.717, 1.165) is 24.5 Å². The topological polar surface area (TPSA) is 47.0 Å². The van der Waals surface area contributed by atoms with Crippen molar-refractivity contribution in [2.45, 2.75) is 59.8 Å². The van der Waals surface area contributed by atoms with E-state index < -0.39 is 0 Å². The molecule has 1 aromatic heterocycles. The van der Waals surface area contributed by atoms with Gasteiger partial charge in [0.25, 0.3) is 0 Å². The molecular weight excluding hydrogens is 407 g/mol. The average Bonchev–Trinajstić information content (AvgIpc) is 3.08. The summed E-state index contributed by atoms with van der Waals surface area (Å²) in [7, 11) is 1.62. The molecule has 2 heterocycles. The van der Waals surface area contributed by atoms with E-state index in [2.05, 4.69) is 22.2 Å². The molecule has 0 radical (unpaired) electrons. The van der Waals surface area contributed by atoms with Gasteiger partial charge in [0.1, 0.15) is 0 Å². The number of aromatic nitrogens is 2. The molecule has 0 saturated carbocycles. The van der Waals surface area contributed by atoms with Gasteiger partial charge in [0, 0.05) is 5.69 Å². The third-order valence-corrected chi connectivity index (χ3v) is 3.85. The van der Waals surface area contributed by atoms with Gasteiger partial charge in [-0.1, -0.05) is 20.8 Å². The fourth-order valence-electron chi connectivity index (χ4n) is 2.66. The Morgan fingerprint density at radius 2 is 1.74 bits per heavy atom. The van der Waals surface area contributed by atoms with E-state index >= 15 is 0 Å². The molecule has 0 spiro atoms. The van der Waals surface area contributed by atoms with E-state index in [4.69, 9.17) is 4.74 Å². The standard InChI is InChI=1S/C11H16N2O.C4H9N.C2H6.CH3.Cs/c1-7-4-5-9-8(2)12-11(14-3)13-10(9)6-7;1-2-4-5-3-1;1-2;;/h7H,4-6H2,1-3H3;5H,1-4H2;1-2H3;1H3;/q;;;-1;+1. The van der Waals surface area contributed by atoms with Gasteiger partial charge >= 0.3 is 74.9 Å².